The second kappa shape index (κ2) is 10.3. The van der Waals surface area contributed by atoms with Crippen molar-refractivity contribution in [2.24, 2.45) is 11.8 Å². The quantitative estimate of drug-likeness (QED) is 0.296. The first-order chi connectivity index (χ1) is 24.0. The van der Waals surface area contributed by atoms with Crippen LogP contribution in [-0.4, -0.2) is 92.1 Å². The van der Waals surface area contributed by atoms with Crippen LogP contribution in [0.25, 0.3) is 16.5 Å². The zero-order valence-electron chi connectivity index (χ0n) is 27.8. The van der Waals surface area contributed by atoms with Crippen molar-refractivity contribution in [3.8, 4) is 0 Å². The number of carbonyl (C=O) groups is 3. The van der Waals surface area contributed by atoms with Gasteiger partial charge in [-0.05, 0) is 54.6 Å². The van der Waals surface area contributed by atoms with Crippen molar-refractivity contribution in [2.75, 3.05) is 20.1 Å². The fourth-order valence-corrected chi connectivity index (χ4v) is 10.3. The zero-order chi connectivity index (χ0) is 34.3. The highest BCUT2D eigenvalue weighted by Gasteiger charge is 2.78. The number of aromatic nitrogens is 1. The molecule has 3 aromatic rings. The Morgan fingerprint density at radius 2 is 1.84 bits per heavy atom. The summed E-state index contributed by atoms with van der Waals surface area (Å²) < 4.78 is 41.3. The summed E-state index contributed by atoms with van der Waals surface area (Å²) in [6, 6.07) is 13.2. The number of carbonyl (C=O) groups excluding carboxylic acids is 3. The average Bonchev–Trinajstić information content (AvgIpc) is 3.80. The van der Waals surface area contributed by atoms with Gasteiger partial charge in [-0.25, -0.2) is 4.57 Å². The molecule has 1 spiro atoms. The van der Waals surface area contributed by atoms with Gasteiger partial charge in [0.15, 0.2) is 0 Å². The molecule has 15 heteroatoms. The summed E-state index contributed by atoms with van der Waals surface area (Å²) >= 11 is 0. The molecule has 4 saturated heterocycles. The van der Waals surface area contributed by atoms with E-state index < -0.39 is 55.2 Å². The maximum atomic E-state index is 15.3. The topological polar surface area (TPSA) is 132 Å². The lowest BCUT2D eigenvalue weighted by Gasteiger charge is -2.50. The van der Waals surface area contributed by atoms with Gasteiger partial charge in [0.25, 0.3) is 17.5 Å². The standard InChI is InChI=1S/C35H36N5O9P/c1-20(2)34-33(43)39-28(15-21-9-5-4-6-10-21)32(42)37-14-8-13-29(37)35(39,45-34)46-49-50(44)47-38-19-22-17-27-25(24-11-7-12-26(38)30(22)24)16-23(18-36(27)3)31(41)40(34)48-50/h4-7,9-12,16,19-20,23,27-29H,8,13-15,17-18H2,1-3H3. The summed E-state index contributed by atoms with van der Waals surface area (Å²) in [4.78, 5) is 55.9. The van der Waals surface area contributed by atoms with Crippen LogP contribution in [0.3, 0.4) is 0 Å². The van der Waals surface area contributed by atoms with Gasteiger partial charge >= 0.3 is 13.7 Å². The van der Waals surface area contributed by atoms with E-state index >= 15 is 14.2 Å². The van der Waals surface area contributed by atoms with Crippen molar-refractivity contribution >= 4 is 42.0 Å². The van der Waals surface area contributed by atoms with E-state index in [0.29, 0.717) is 37.9 Å². The molecule has 4 fully saturated rings. The minimum Gasteiger partial charge on any atom is -0.330 e. The van der Waals surface area contributed by atoms with E-state index in [4.69, 9.17) is 23.5 Å². The lowest BCUT2D eigenvalue weighted by atomic mass is 9.79. The first-order valence-corrected chi connectivity index (χ1v) is 18.7. The second-order valence-electron chi connectivity index (χ2n) is 14.6. The monoisotopic (exact) mass is 701 g/mol. The zero-order valence-corrected chi connectivity index (χ0v) is 28.7. The summed E-state index contributed by atoms with van der Waals surface area (Å²) in [5, 5.41) is 1.71. The summed E-state index contributed by atoms with van der Waals surface area (Å²) in [5.41, 5.74) is 2.12. The lowest BCUT2D eigenvalue weighted by Crippen LogP contribution is -2.72. The number of likely N-dealkylation sites (N-methyl/N-ethyl adjacent to an activating group) is 1. The van der Waals surface area contributed by atoms with Gasteiger partial charge in [0.2, 0.25) is 5.91 Å². The number of benzene rings is 2. The van der Waals surface area contributed by atoms with Crippen LogP contribution < -0.4 is 4.62 Å². The van der Waals surface area contributed by atoms with E-state index in [1.165, 1.54) is 9.63 Å². The number of amides is 3. The third-order valence-electron chi connectivity index (χ3n) is 11.6. The predicted molar refractivity (Wildman–Crippen MR) is 175 cm³/mol. The number of piperazine rings is 1. The van der Waals surface area contributed by atoms with Crippen LogP contribution in [0, 0.1) is 11.8 Å². The Hall–Kier alpha value is -4.04. The normalized spacial score (nSPS) is 36.0. The molecule has 1 aromatic heterocycles. The number of rotatable bonds is 3. The van der Waals surface area contributed by atoms with Gasteiger partial charge in [0.05, 0.1) is 11.4 Å². The molecule has 10 rings (SSSR count). The molecule has 50 heavy (non-hydrogen) atoms. The molecule has 260 valence electrons. The number of hydrogen-bond acceptors (Lipinski definition) is 10. The van der Waals surface area contributed by atoms with Crippen LogP contribution >= 0.6 is 7.82 Å². The van der Waals surface area contributed by atoms with Gasteiger partial charge in [-0.3, -0.25) is 28.9 Å². The second-order valence-corrected chi connectivity index (χ2v) is 16.0. The molecule has 6 aliphatic heterocycles. The first kappa shape index (κ1) is 30.8. The smallest absolute Gasteiger partial charge is 0.330 e. The molecule has 7 atom stereocenters. The summed E-state index contributed by atoms with van der Waals surface area (Å²) in [6.07, 6.45) is 5.49. The molecular formula is C35H36N5O9P. The molecule has 7 heterocycles. The summed E-state index contributed by atoms with van der Waals surface area (Å²) in [7, 11) is -2.98. The van der Waals surface area contributed by atoms with E-state index in [1.807, 2.05) is 61.7 Å². The van der Waals surface area contributed by atoms with Gasteiger partial charge in [0, 0.05) is 43.1 Å². The number of hydroxylamine groups is 2. The van der Waals surface area contributed by atoms with Crippen molar-refractivity contribution in [3.63, 3.8) is 0 Å². The number of nitrogens with zero attached hydrogens (tertiary/aromatic N) is 5. The van der Waals surface area contributed by atoms with Gasteiger partial charge in [-0.1, -0.05) is 62.4 Å². The average molecular weight is 702 g/mol. The first-order valence-electron chi connectivity index (χ1n) is 17.2. The molecule has 14 nitrogen and oxygen atoms in total. The van der Waals surface area contributed by atoms with Gasteiger partial charge in [-0.15, -0.1) is 9.30 Å². The number of fused-ring (bicyclic) bond motifs is 6. The van der Waals surface area contributed by atoms with E-state index in [-0.39, 0.29) is 18.4 Å². The lowest BCUT2D eigenvalue weighted by molar-refractivity contribution is -0.473. The van der Waals surface area contributed by atoms with Crippen LogP contribution in [0.1, 0.15) is 43.4 Å². The highest BCUT2D eigenvalue weighted by molar-refractivity contribution is 7.48. The Labute approximate surface area is 287 Å². The van der Waals surface area contributed by atoms with Crippen molar-refractivity contribution in [3.05, 3.63) is 77.5 Å². The molecule has 0 radical (unpaired) electrons. The molecule has 1 aliphatic carbocycles. The molecule has 0 saturated carbocycles. The van der Waals surface area contributed by atoms with Crippen LogP contribution in [0.5, 0.6) is 0 Å². The third-order valence-corrected chi connectivity index (χ3v) is 12.6. The number of phosphoric acid groups is 1. The largest absolute Gasteiger partial charge is 0.599 e. The van der Waals surface area contributed by atoms with Crippen molar-refractivity contribution in [1.29, 1.82) is 0 Å². The van der Waals surface area contributed by atoms with E-state index in [9.17, 15) is 4.79 Å². The maximum absolute atomic E-state index is 15.3. The Bertz CT molecular complexity index is 2090. The van der Waals surface area contributed by atoms with Crippen molar-refractivity contribution < 1.29 is 42.5 Å². The van der Waals surface area contributed by atoms with Crippen molar-refractivity contribution in [2.45, 2.75) is 69.3 Å². The van der Waals surface area contributed by atoms with Gasteiger partial charge in [-0.2, -0.15) is 14.7 Å². The maximum Gasteiger partial charge on any atom is 0.599 e. The highest BCUT2D eigenvalue weighted by Crippen LogP contribution is 2.60. The van der Waals surface area contributed by atoms with Crippen LogP contribution in [0.4, 0.5) is 0 Å². The molecule has 0 N–H and O–H groups in total. The van der Waals surface area contributed by atoms with Crippen LogP contribution in [0.15, 0.2) is 60.8 Å². The molecule has 7 aliphatic rings. The van der Waals surface area contributed by atoms with Crippen molar-refractivity contribution in [1.82, 2.24) is 24.5 Å². The Morgan fingerprint density at radius 1 is 1.02 bits per heavy atom. The van der Waals surface area contributed by atoms with Gasteiger partial charge < -0.3 is 9.52 Å². The SMILES string of the molecule is CC(C)C12OC3(OOP4(=O)ON1C(=O)C1C=C5c6cccc7c6c(cn7O4)CC5N(C)C1)C1CCCN1C(=O)C(Cc1ccccc1)N3C2=O. The molecular weight excluding hydrogens is 665 g/mol. The predicted octanol–water partition coefficient (Wildman–Crippen LogP) is 3.26. The van der Waals surface area contributed by atoms with Gasteiger partial charge in [0.1, 0.15) is 12.1 Å². The fourth-order valence-electron chi connectivity index (χ4n) is 9.30. The number of ether oxygens (including phenoxy) is 1. The minimum absolute atomic E-state index is 0.0241. The minimum atomic E-state index is -4.95. The Kier molecular flexibility index (Phi) is 6.32. The molecule has 10 bridgehead atoms. The van der Waals surface area contributed by atoms with E-state index in [0.717, 1.165) is 32.7 Å². The van der Waals surface area contributed by atoms with E-state index in [2.05, 4.69) is 4.90 Å². The van der Waals surface area contributed by atoms with E-state index in [1.54, 1.807) is 24.9 Å². The number of hydrogen-bond donors (Lipinski definition) is 0. The molecule has 3 amide bonds. The summed E-state index contributed by atoms with van der Waals surface area (Å²) in [5.74, 6) is -5.35. The molecule has 2 aromatic carbocycles. The third kappa shape index (κ3) is 3.86. The van der Waals surface area contributed by atoms with Crippen LogP contribution in [0.2, 0.25) is 0 Å². The Morgan fingerprint density at radius 3 is 2.64 bits per heavy atom. The fraction of sp³-hybridized carbons (Fsp3) is 0.457. The van der Waals surface area contributed by atoms with Crippen LogP contribution in [-0.2, 0) is 50.7 Å². The molecule has 7 unspecified atom stereocenters. The Balaban J connectivity index is 1.20. The summed E-state index contributed by atoms with van der Waals surface area (Å²) in [6.45, 7) is 4.13. The highest BCUT2D eigenvalue weighted by atomic mass is 31.2.